The van der Waals surface area contributed by atoms with E-state index in [-0.39, 0.29) is 18.1 Å². The first-order valence-corrected chi connectivity index (χ1v) is 3.38. The molecular formula is C6H12N2O2. The molecule has 0 radical (unpaired) electrons. The van der Waals surface area contributed by atoms with Crippen molar-refractivity contribution < 1.29 is 9.90 Å². The zero-order chi connectivity index (χ0) is 7.56. The Kier molecular flexibility index (Phi) is 2.24. The fourth-order valence-corrected chi connectivity index (χ4v) is 1.20. The molecule has 58 valence electrons. The number of hydrogen-bond donors (Lipinski definition) is 3. The number of nitrogens with one attached hydrogen (secondary N) is 1. The molecule has 2 atom stereocenters. The van der Waals surface area contributed by atoms with Crippen LogP contribution in [-0.4, -0.2) is 29.7 Å². The van der Waals surface area contributed by atoms with Crippen molar-refractivity contribution in [3.63, 3.8) is 0 Å². The Balaban J connectivity index is 2.24. The molecule has 2 unspecified atom stereocenters. The summed E-state index contributed by atoms with van der Waals surface area (Å²) in [4.78, 5) is 10.4. The van der Waals surface area contributed by atoms with E-state index in [1.165, 1.54) is 0 Å². The van der Waals surface area contributed by atoms with Crippen LogP contribution in [-0.2, 0) is 4.79 Å². The third-order valence-corrected chi connectivity index (χ3v) is 1.65. The number of rotatable bonds is 2. The molecule has 10 heavy (non-hydrogen) atoms. The first-order chi connectivity index (χ1) is 4.68. The SMILES string of the molecule is NC(=O)CC1CC(O)CN1. The van der Waals surface area contributed by atoms with Crippen molar-refractivity contribution in [1.29, 1.82) is 0 Å². The third kappa shape index (κ3) is 1.97. The van der Waals surface area contributed by atoms with Gasteiger partial charge in [0.25, 0.3) is 0 Å². The Hall–Kier alpha value is -0.610. The van der Waals surface area contributed by atoms with E-state index < -0.39 is 0 Å². The van der Waals surface area contributed by atoms with E-state index in [0.29, 0.717) is 19.4 Å². The Bertz CT molecular complexity index is 138. The minimum Gasteiger partial charge on any atom is -0.392 e. The molecule has 1 fully saturated rings. The van der Waals surface area contributed by atoms with E-state index in [0.717, 1.165) is 0 Å². The van der Waals surface area contributed by atoms with Crippen LogP contribution in [0.5, 0.6) is 0 Å². The molecule has 0 aliphatic carbocycles. The van der Waals surface area contributed by atoms with Gasteiger partial charge in [-0.2, -0.15) is 0 Å². The largest absolute Gasteiger partial charge is 0.392 e. The van der Waals surface area contributed by atoms with Crippen molar-refractivity contribution >= 4 is 5.91 Å². The van der Waals surface area contributed by atoms with E-state index in [2.05, 4.69) is 5.32 Å². The van der Waals surface area contributed by atoms with Crippen molar-refractivity contribution in [2.45, 2.75) is 25.0 Å². The van der Waals surface area contributed by atoms with Crippen molar-refractivity contribution in [3.8, 4) is 0 Å². The summed E-state index contributed by atoms with van der Waals surface area (Å²) in [6.07, 6.45) is 0.671. The monoisotopic (exact) mass is 144 g/mol. The van der Waals surface area contributed by atoms with Gasteiger partial charge in [0.1, 0.15) is 0 Å². The van der Waals surface area contributed by atoms with Gasteiger partial charge in [-0.25, -0.2) is 0 Å². The zero-order valence-electron chi connectivity index (χ0n) is 5.71. The van der Waals surface area contributed by atoms with Crippen molar-refractivity contribution in [1.82, 2.24) is 5.32 Å². The lowest BCUT2D eigenvalue weighted by Crippen LogP contribution is -2.27. The lowest BCUT2D eigenvalue weighted by Gasteiger charge is -2.04. The van der Waals surface area contributed by atoms with Crippen LogP contribution < -0.4 is 11.1 Å². The summed E-state index contributed by atoms with van der Waals surface area (Å²) in [6.45, 7) is 0.581. The molecule has 1 rings (SSSR count). The molecule has 4 nitrogen and oxygen atoms in total. The van der Waals surface area contributed by atoms with Crippen LogP contribution >= 0.6 is 0 Å². The summed E-state index contributed by atoms with van der Waals surface area (Å²) in [5.41, 5.74) is 4.96. The van der Waals surface area contributed by atoms with Crippen LogP contribution in [0.2, 0.25) is 0 Å². The highest BCUT2D eigenvalue weighted by Gasteiger charge is 2.22. The van der Waals surface area contributed by atoms with Crippen LogP contribution in [0.15, 0.2) is 0 Å². The van der Waals surface area contributed by atoms with Gasteiger partial charge >= 0.3 is 0 Å². The summed E-state index contributed by atoms with van der Waals surface area (Å²) in [5.74, 6) is -0.313. The molecule has 1 aliphatic heterocycles. The van der Waals surface area contributed by atoms with Gasteiger partial charge in [0.05, 0.1) is 6.10 Å². The number of aliphatic hydroxyl groups excluding tert-OH is 1. The van der Waals surface area contributed by atoms with E-state index in [4.69, 9.17) is 10.8 Å². The Morgan fingerprint density at radius 1 is 1.80 bits per heavy atom. The van der Waals surface area contributed by atoms with Crippen LogP contribution in [0.25, 0.3) is 0 Å². The Morgan fingerprint density at radius 2 is 2.50 bits per heavy atom. The predicted octanol–water partition coefficient (Wildman–Crippen LogP) is -1.42. The second-order valence-electron chi connectivity index (χ2n) is 2.67. The standard InChI is InChI=1S/C6H12N2O2/c7-6(10)2-4-1-5(9)3-8-4/h4-5,8-9H,1-3H2,(H2,7,10). The molecule has 1 heterocycles. The maximum absolute atomic E-state index is 10.4. The normalized spacial score (nSPS) is 32.5. The number of hydrogen-bond acceptors (Lipinski definition) is 3. The van der Waals surface area contributed by atoms with Crippen LogP contribution in [0, 0.1) is 0 Å². The molecule has 4 N–H and O–H groups in total. The van der Waals surface area contributed by atoms with E-state index in [9.17, 15) is 4.79 Å². The van der Waals surface area contributed by atoms with Crippen LogP contribution in [0.4, 0.5) is 0 Å². The summed E-state index contributed by atoms with van der Waals surface area (Å²) in [7, 11) is 0. The number of β-amino-alcohol motifs (C(OH)–C–C–N with tert-alkyl or cyclic N) is 1. The number of nitrogens with two attached hydrogens (primary N) is 1. The molecule has 4 heteroatoms. The smallest absolute Gasteiger partial charge is 0.218 e. The second kappa shape index (κ2) is 2.98. The number of carbonyl (C=O) groups is 1. The summed E-state index contributed by atoms with van der Waals surface area (Å²) in [5, 5.41) is 12.0. The minimum atomic E-state index is -0.313. The molecule has 1 amide bonds. The molecule has 0 bridgehead atoms. The van der Waals surface area contributed by atoms with Gasteiger partial charge in [-0.3, -0.25) is 4.79 Å². The Labute approximate surface area is 59.4 Å². The third-order valence-electron chi connectivity index (χ3n) is 1.65. The summed E-state index contributed by atoms with van der Waals surface area (Å²) >= 11 is 0. The molecule has 0 aromatic heterocycles. The number of primary amides is 1. The van der Waals surface area contributed by atoms with Gasteiger partial charge in [0.2, 0.25) is 5.91 Å². The number of carbonyl (C=O) groups excluding carboxylic acids is 1. The van der Waals surface area contributed by atoms with Gasteiger partial charge in [-0.1, -0.05) is 0 Å². The van der Waals surface area contributed by atoms with Crippen molar-refractivity contribution in [2.75, 3.05) is 6.54 Å². The Morgan fingerprint density at radius 3 is 2.90 bits per heavy atom. The molecule has 1 saturated heterocycles. The molecule has 0 spiro atoms. The van der Waals surface area contributed by atoms with Gasteiger partial charge in [-0.05, 0) is 6.42 Å². The lowest BCUT2D eigenvalue weighted by molar-refractivity contribution is -0.118. The average Bonchev–Trinajstić information content (AvgIpc) is 2.13. The van der Waals surface area contributed by atoms with Gasteiger partial charge < -0.3 is 16.2 Å². The average molecular weight is 144 g/mol. The maximum Gasteiger partial charge on any atom is 0.218 e. The number of amides is 1. The van der Waals surface area contributed by atoms with Crippen LogP contribution in [0.3, 0.4) is 0 Å². The molecule has 0 saturated carbocycles. The molecule has 0 aromatic rings. The lowest BCUT2D eigenvalue weighted by atomic mass is 10.1. The first-order valence-electron chi connectivity index (χ1n) is 3.38. The van der Waals surface area contributed by atoms with Crippen molar-refractivity contribution in [3.05, 3.63) is 0 Å². The molecular weight excluding hydrogens is 132 g/mol. The highest BCUT2D eigenvalue weighted by molar-refractivity contribution is 5.74. The van der Waals surface area contributed by atoms with E-state index >= 15 is 0 Å². The van der Waals surface area contributed by atoms with Crippen LogP contribution in [0.1, 0.15) is 12.8 Å². The highest BCUT2D eigenvalue weighted by Crippen LogP contribution is 2.08. The zero-order valence-corrected chi connectivity index (χ0v) is 5.71. The topological polar surface area (TPSA) is 75.4 Å². The van der Waals surface area contributed by atoms with Gasteiger partial charge in [0.15, 0.2) is 0 Å². The predicted molar refractivity (Wildman–Crippen MR) is 36.2 cm³/mol. The van der Waals surface area contributed by atoms with Gasteiger partial charge in [-0.15, -0.1) is 0 Å². The van der Waals surface area contributed by atoms with E-state index in [1.807, 2.05) is 0 Å². The minimum absolute atomic E-state index is 0.0903. The second-order valence-corrected chi connectivity index (χ2v) is 2.67. The van der Waals surface area contributed by atoms with Gasteiger partial charge in [0, 0.05) is 19.0 Å². The molecule has 0 aromatic carbocycles. The fourth-order valence-electron chi connectivity index (χ4n) is 1.20. The number of aliphatic hydroxyl groups is 1. The first kappa shape index (κ1) is 7.50. The highest BCUT2D eigenvalue weighted by atomic mass is 16.3. The summed E-state index contributed by atoms with van der Waals surface area (Å²) in [6, 6.07) is 0.0903. The molecule has 1 aliphatic rings. The summed E-state index contributed by atoms with van der Waals surface area (Å²) < 4.78 is 0. The maximum atomic E-state index is 10.4. The van der Waals surface area contributed by atoms with Crippen molar-refractivity contribution in [2.24, 2.45) is 5.73 Å². The van der Waals surface area contributed by atoms with E-state index in [1.54, 1.807) is 0 Å². The quantitative estimate of drug-likeness (QED) is 0.445. The fraction of sp³-hybridized carbons (Fsp3) is 0.833.